The molecule has 0 saturated carbocycles. The van der Waals surface area contributed by atoms with Gasteiger partial charge in [-0.25, -0.2) is 4.39 Å². The molecule has 1 N–H and O–H groups in total. The highest BCUT2D eigenvalue weighted by Gasteiger charge is 2.10. The van der Waals surface area contributed by atoms with Crippen molar-refractivity contribution >= 4 is 17.2 Å². The van der Waals surface area contributed by atoms with Crippen LogP contribution in [0.5, 0.6) is 0 Å². The first-order valence-corrected chi connectivity index (χ1v) is 8.07. The van der Waals surface area contributed by atoms with Crippen molar-refractivity contribution in [3.8, 4) is 10.4 Å². The van der Waals surface area contributed by atoms with Crippen LogP contribution in [0.15, 0.2) is 60.9 Å². The van der Waals surface area contributed by atoms with Gasteiger partial charge in [0.15, 0.2) is 0 Å². The lowest BCUT2D eigenvalue weighted by molar-refractivity contribution is 0.0958. The van der Waals surface area contributed by atoms with Crippen LogP contribution >= 0.6 is 11.3 Å². The molecule has 1 amide bonds. The Balaban J connectivity index is 1.59. The predicted octanol–water partition coefficient (Wildman–Crippen LogP) is 3.92. The largest absolute Gasteiger partial charge is 0.351 e. The van der Waals surface area contributed by atoms with Crippen LogP contribution in [0.2, 0.25) is 0 Å². The molecule has 0 aliphatic heterocycles. The molecule has 0 radical (unpaired) electrons. The Labute approximate surface area is 137 Å². The van der Waals surface area contributed by atoms with E-state index in [-0.39, 0.29) is 11.7 Å². The molecular formula is C18H15FN2OS. The number of aromatic nitrogens is 1. The quantitative estimate of drug-likeness (QED) is 0.772. The van der Waals surface area contributed by atoms with Gasteiger partial charge in [-0.05, 0) is 47.9 Å². The van der Waals surface area contributed by atoms with Crippen LogP contribution in [0.3, 0.4) is 0 Å². The smallest absolute Gasteiger partial charge is 0.261 e. The number of hydrogen-bond donors (Lipinski definition) is 1. The standard InChI is InChI=1S/C18H15FN2OS/c19-15-4-2-1-3-13(15)9-12-21-18(22)17-6-5-16(23-17)14-7-10-20-11-8-14/h1-8,10-11H,9,12H2,(H,21,22). The molecule has 3 rings (SSSR count). The minimum atomic E-state index is -0.238. The summed E-state index contributed by atoms with van der Waals surface area (Å²) < 4.78 is 13.5. The van der Waals surface area contributed by atoms with E-state index >= 15 is 0 Å². The van der Waals surface area contributed by atoms with Crippen molar-refractivity contribution in [3.05, 3.63) is 77.2 Å². The molecule has 5 heteroatoms. The third-order valence-corrected chi connectivity index (χ3v) is 4.57. The highest BCUT2D eigenvalue weighted by Crippen LogP contribution is 2.27. The maximum atomic E-state index is 13.5. The number of hydrogen-bond acceptors (Lipinski definition) is 3. The Morgan fingerprint density at radius 3 is 2.65 bits per heavy atom. The van der Waals surface area contributed by atoms with Gasteiger partial charge in [0.2, 0.25) is 0 Å². The van der Waals surface area contributed by atoms with Crippen LogP contribution in [-0.4, -0.2) is 17.4 Å². The molecule has 0 unspecified atom stereocenters. The number of pyridine rings is 1. The second-order valence-corrected chi connectivity index (χ2v) is 6.08. The number of amides is 1. The Kier molecular flexibility index (Phi) is 4.78. The summed E-state index contributed by atoms with van der Waals surface area (Å²) >= 11 is 1.43. The van der Waals surface area contributed by atoms with Crippen molar-refractivity contribution in [2.75, 3.05) is 6.54 Å². The summed E-state index contributed by atoms with van der Waals surface area (Å²) in [7, 11) is 0. The van der Waals surface area contributed by atoms with E-state index in [1.807, 2.05) is 18.2 Å². The molecule has 0 bridgehead atoms. The Morgan fingerprint density at radius 1 is 1.09 bits per heavy atom. The fourth-order valence-corrected chi connectivity index (χ4v) is 3.16. The summed E-state index contributed by atoms with van der Waals surface area (Å²) in [5, 5.41) is 2.83. The number of rotatable bonds is 5. The van der Waals surface area contributed by atoms with Gasteiger partial charge in [-0.3, -0.25) is 9.78 Å². The van der Waals surface area contributed by atoms with Gasteiger partial charge in [-0.1, -0.05) is 18.2 Å². The van der Waals surface area contributed by atoms with Gasteiger partial charge in [0, 0.05) is 23.8 Å². The third-order valence-electron chi connectivity index (χ3n) is 3.43. The molecule has 116 valence electrons. The van der Waals surface area contributed by atoms with Crippen molar-refractivity contribution in [3.63, 3.8) is 0 Å². The van der Waals surface area contributed by atoms with Crippen LogP contribution < -0.4 is 5.32 Å². The predicted molar refractivity (Wildman–Crippen MR) is 90.0 cm³/mol. The summed E-state index contributed by atoms with van der Waals surface area (Å²) in [4.78, 5) is 17.8. The lowest BCUT2D eigenvalue weighted by Crippen LogP contribution is -2.25. The lowest BCUT2D eigenvalue weighted by atomic mass is 10.1. The SMILES string of the molecule is O=C(NCCc1ccccc1F)c1ccc(-c2ccncc2)s1. The summed E-state index contributed by atoms with van der Waals surface area (Å²) in [6.07, 6.45) is 3.92. The number of halogens is 1. The summed E-state index contributed by atoms with van der Waals surface area (Å²) in [6.45, 7) is 0.405. The van der Waals surface area contributed by atoms with Crippen LogP contribution in [-0.2, 0) is 6.42 Å². The lowest BCUT2D eigenvalue weighted by Gasteiger charge is -2.04. The van der Waals surface area contributed by atoms with E-state index in [1.54, 1.807) is 36.7 Å². The van der Waals surface area contributed by atoms with Gasteiger partial charge in [0.25, 0.3) is 5.91 Å². The molecule has 0 atom stereocenters. The van der Waals surface area contributed by atoms with Crippen molar-refractivity contribution in [2.24, 2.45) is 0 Å². The maximum absolute atomic E-state index is 13.5. The van der Waals surface area contributed by atoms with Gasteiger partial charge < -0.3 is 5.32 Å². The number of benzene rings is 1. The van der Waals surface area contributed by atoms with E-state index in [1.165, 1.54) is 17.4 Å². The van der Waals surface area contributed by atoms with Crippen LogP contribution in [0.25, 0.3) is 10.4 Å². The highest BCUT2D eigenvalue weighted by atomic mass is 32.1. The van der Waals surface area contributed by atoms with E-state index < -0.39 is 0 Å². The van der Waals surface area contributed by atoms with Crippen LogP contribution in [0.4, 0.5) is 4.39 Å². The van der Waals surface area contributed by atoms with E-state index in [9.17, 15) is 9.18 Å². The third kappa shape index (κ3) is 3.81. The molecule has 2 heterocycles. The second-order valence-electron chi connectivity index (χ2n) is 5.00. The van der Waals surface area contributed by atoms with Crippen LogP contribution in [0.1, 0.15) is 15.2 Å². The van der Waals surface area contributed by atoms with Gasteiger partial charge in [0.05, 0.1) is 4.88 Å². The van der Waals surface area contributed by atoms with Gasteiger partial charge >= 0.3 is 0 Å². The molecule has 3 aromatic rings. The number of carbonyl (C=O) groups excluding carboxylic acids is 1. The van der Waals surface area contributed by atoms with E-state index in [0.717, 1.165) is 10.4 Å². The molecule has 0 aliphatic carbocycles. The normalized spacial score (nSPS) is 10.5. The van der Waals surface area contributed by atoms with Gasteiger partial charge in [-0.2, -0.15) is 0 Å². The van der Waals surface area contributed by atoms with Crippen molar-refractivity contribution in [1.29, 1.82) is 0 Å². The summed E-state index contributed by atoms with van der Waals surface area (Å²) in [5.74, 6) is -0.371. The Morgan fingerprint density at radius 2 is 1.87 bits per heavy atom. The van der Waals surface area contributed by atoms with Crippen molar-refractivity contribution < 1.29 is 9.18 Å². The molecule has 1 aromatic carbocycles. The zero-order valence-electron chi connectivity index (χ0n) is 12.3. The highest BCUT2D eigenvalue weighted by molar-refractivity contribution is 7.17. The Bertz CT molecular complexity index is 802. The van der Waals surface area contributed by atoms with E-state index in [0.29, 0.717) is 23.4 Å². The number of nitrogens with zero attached hydrogens (tertiary/aromatic N) is 1. The maximum Gasteiger partial charge on any atom is 0.261 e. The first-order chi connectivity index (χ1) is 11.2. The van der Waals surface area contributed by atoms with Gasteiger partial charge in [0.1, 0.15) is 5.82 Å². The topological polar surface area (TPSA) is 42.0 Å². The fourth-order valence-electron chi connectivity index (χ4n) is 2.23. The average molecular weight is 326 g/mol. The molecule has 0 spiro atoms. The van der Waals surface area contributed by atoms with Gasteiger partial charge in [-0.15, -0.1) is 11.3 Å². The summed E-state index contributed by atoms with van der Waals surface area (Å²) in [6, 6.07) is 14.2. The molecular weight excluding hydrogens is 311 g/mol. The molecule has 3 nitrogen and oxygen atoms in total. The van der Waals surface area contributed by atoms with E-state index in [2.05, 4.69) is 10.3 Å². The zero-order valence-corrected chi connectivity index (χ0v) is 13.1. The van der Waals surface area contributed by atoms with Crippen molar-refractivity contribution in [1.82, 2.24) is 10.3 Å². The first kappa shape index (κ1) is 15.4. The van der Waals surface area contributed by atoms with Crippen molar-refractivity contribution in [2.45, 2.75) is 6.42 Å². The number of nitrogens with one attached hydrogen (secondary N) is 1. The minimum absolute atomic E-state index is 0.133. The Hall–Kier alpha value is -2.53. The molecule has 2 aromatic heterocycles. The second kappa shape index (κ2) is 7.15. The zero-order chi connectivity index (χ0) is 16.1. The minimum Gasteiger partial charge on any atom is -0.351 e. The van der Waals surface area contributed by atoms with E-state index in [4.69, 9.17) is 0 Å². The summed E-state index contributed by atoms with van der Waals surface area (Å²) in [5.41, 5.74) is 1.65. The molecule has 23 heavy (non-hydrogen) atoms. The van der Waals surface area contributed by atoms with Crippen LogP contribution in [0, 0.1) is 5.82 Å². The number of thiophene rings is 1. The fraction of sp³-hybridized carbons (Fsp3) is 0.111. The average Bonchev–Trinajstić information content (AvgIpc) is 3.07. The molecule has 0 aliphatic rings. The monoisotopic (exact) mass is 326 g/mol. The first-order valence-electron chi connectivity index (χ1n) is 7.26. The molecule has 0 fully saturated rings. The number of carbonyl (C=O) groups is 1. The molecule has 0 saturated heterocycles.